The lowest BCUT2D eigenvalue weighted by atomic mass is 9.85. The average molecular weight is 639 g/mol. The molecule has 49 heavy (non-hydrogen) atoms. The molecule has 8 rings (SSSR count). The first-order valence-electron chi connectivity index (χ1n) is 17.1. The summed E-state index contributed by atoms with van der Waals surface area (Å²) in [6.07, 6.45) is 2.34. The molecule has 0 aromatic heterocycles. The third-order valence-corrected chi connectivity index (χ3v) is 10.6. The minimum absolute atomic E-state index is 0.0501. The molecule has 0 heterocycles. The summed E-state index contributed by atoms with van der Waals surface area (Å²) in [6, 6.07) is 57.7. The third-order valence-electron chi connectivity index (χ3n) is 10.6. The van der Waals surface area contributed by atoms with Crippen molar-refractivity contribution in [3.63, 3.8) is 0 Å². The van der Waals surface area contributed by atoms with Crippen LogP contribution in [0, 0.1) is 11.8 Å². The molecular weight excluding hydrogens is 601 g/mol. The Morgan fingerprint density at radius 3 is 1.00 bits per heavy atom. The van der Waals surface area contributed by atoms with E-state index in [0.29, 0.717) is 0 Å². The van der Waals surface area contributed by atoms with E-state index < -0.39 is 0 Å². The van der Waals surface area contributed by atoms with Crippen molar-refractivity contribution < 1.29 is 9.59 Å². The highest BCUT2D eigenvalue weighted by Crippen LogP contribution is 2.60. The number of hydrogen-bond acceptors (Lipinski definition) is 2. The predicted molar refractivity (Wildman–Crippen MR) is 196 cm³/mol. The molecule has 0 bridgehead atoms. The normalized spacial score (nSPS) is 18.2. The second kappa shape index (κ2) is 12.7. The summed E-state index contributed by atoms with van der Waals surface area (Å²) in [5.74, 6) is -0.142. The van der Waals surface area contributed by atoms with E-state index in [-0.39, 0.29) is 34.5 Å². The summed E-state index contributed by atoms with van der Waals surface area (Å²) in [7, 11) is 0. The van der Waals surface area contributed by atoms with Crippen LogP contribution in [0.3, 0.4) is 0 Å². The lowest BCUT2D eigenvalue weighted by Crippen LogP contribution is -2.22. The van der Waals surface area contributed by atoms with Gasteiger partial charge in [-0.1, -0.05) is 146 Å². The Morgan fingerprint density at radius 2 is 0.714 bits per heavy atom. The summed E-state index contributed by atoms with van der Waals surface area (Å²) in [6.45, 7) is 0. The number of anilines is 2. The summed E-state index contributed by atoms with van der Waals surface area (Å²) in [5, 5.41) is 6.35. The fourth-order valence-electron chi connectivity index (χ4n) is 7.82. The SMILES string of the molecule is O=C(Nc1ccc(Cc2ccc(NC(=O)[C@H]3CC3(c3ccccc3)c3ccccc3)cc2)cc1)[C@H]1CC1(c1ccccc1)c1ccccc1. The molecule has 0 saturated heterocycles. The van der Waals surface area contributed by atoms with E-state index in [4.69, 9.17) is 0 Å². The highest BCUT2D eigenvalue weighted by atomic mass is 16.2. The summed E-state index contributed by atoms with van der Waals surface area (Å²) in [4.78, 5) is 27.0. The van der Waals surface area contributed by atoms with Crippen molar-refractivity contribution in [3.05, 3.63) is 203 Å². The number of hydrogen-bond donors (Lipinski definition) is 2. The molecule has 2 saturated carbocycles. The van der Waals surface area contributed by atoms with Gasteiger partial charge in [-0.15, -0.1) is 0 Å². The third kappa shape index (κ3) is 5.84. The Balaban J connectivity index is 0.891. The van der Waals surface area contributed by atoms with Crippen LogP contribution in [0.1, 0.15) is 46.2 Å². The molecule has 0 unspecified atom stereocenters. The number of benzene rings is 6. The molecule has 2 amide bonds. The van der Waals surface area contributed by atoms with E-state index in [1.54, 1.807) is 0 Å². The second-order valence-corrected chi connectivity index (χ2v) is 13.5. The first kappa shape index (κ1) is 30.6. The van der Waals surface area contributed by atoms with Gasteiger partial charge in [0.1, 0.15) is 0 Å². The second-order valence-electron chi connectivity index (χ2n) is 13.5. The Labute approximate surface area is 287 Å². The van der Waals surface area contributed by atoms with Crippen LogP contribution in [0.2, 0.25) is 0 Å². The molecule has 0 spiro atoms. The number of nitrogens with one attached hydrogen (secondary N) is 2. The van der Waals surface area contributed by atoms with E-state index in [2.05, 4.69) is 83.4 Å². The molecule has 2 N–H and O–H groups in total. The molecule has 2 aliphatic carbocycles. The van der Waals surface area contributed by atoms with Crippen LogP contribution in [-0.2, 0) is 26.8 Å². The van der Waals surface area contributed by atoms with E-state index in [1.165, 1.54) is 22.3 Å². The van der Waals surface area contributed by atoms with Crippen molar-refractivity contribution in [3.8, 4) is 0 Å². The predicted octanol–water partition coefficient (Wildman–Crippen LogP) is 9.17. The van der Waals surface area contributed by atoms with Gasteiger partial charge >= 0.3 is 0 Å². The van der Waals surface area contributed by atoms with Gasteiger partial charge in [-0.25, -0.2) is 0 Å². The van der Waals surface area contributed by atoms with Crippen LogP contribution in [-0.4, -0.2) is 11.8 Å². The summed E-state index contributed by atoms with van der Waals surface area (Å²) in [5.41, 5.74) is 8.06. The van der Waals surface area contributed by atoms with Gasteiger partial charge in [-0.05, 0) is 76.9 Å². The van der Waals surface area contributed by atoms with Gasteiger partial charge in [0.25, 0.3) is 0 Å². The number of carbonyl (C=O) groups excluding carboxylic acids is 2. The molecule has 0 radical (unpaired) electrons. The number of rotatable bonds is 10. The molecule has 4 heteroatoms. The Bertz CT molecular complexity index is 1830. The molecule has 240 valence electrons. The van der Waals surface area contributed by atoms with Crippen molar-refractivity contribution in [2.75, 3.05) is 10.6 Å². The van der Waals surface area contributed by atoms with Crippen LogP contribution in [0.4, 0.5) is 11.4 Å². The molecule has 0 aliphatic heterocycles. The Hall–Kier alpha value is -5.74. The van der Waals surface area contributed by atoms with Gasteiger partial charge in [-0.3, -0.25) is 9.59 Å². The molecule has 6 aromatic rings. The van der Waals surface area contributed by atoms with Crippen LogP contribution in [0.5, 0.6) is 0 Å². The molecule has 6 aromatic carbocycles. The van der Waals surface area contributed by atoms with Crippen molar-refractivity contribution in [1.29, 1.82) is 0 Å². The average Bonchev–Trinajstić information content (AvgIpc) is 4.09. The zero-order valence-corrected chi connectivity index (χ0v) is 27.3. The zero-order chi connectivity index (χ0) is 33.3. The van der Waals surface area contributed by atoms with Gasteiger partial charge in [0.05, 0.1) is 11.8 Å². The first-order valence-corrected chi connectivity index (χ1v) is 17.1. The lowest BCUT2D eigenvalue weighted by molar-refractivity contribution is -0.118. The topological polar surface area (TPSA) is 58.2 Å². The van der Waals surface area contributed by atoms with E-state index in [0.717, 1.165) is 41.8 Å². The maximum absolute atomic E-state index is 13.5. The van der Waals surface area contributed by atoms with Gasteiger partial charge in [-0.2, -0.15) is 0 Å². The van der Waals surface area contributed by atoms with E-state index >= 15 is 0 Å². The van der Waals surface area contributed by atoms with Gasteiger partial charge in [0, 0.05) is 22.2 Å². The van der Waals surface area contributed by atoms with Crippen molar-refractivity contribution >= 4 is 23.2 Å². The van der Waals surface area contributed by atoms with Crippen LogP contribution in [0.15, 0.2) is 170 Å². The van der Waals surface area contributed by atoms with Gasteiger partial charge in [0.15, 0.2) is 0 Å². The van der Waals surface area contributed by atoms with Crippen molar-refractivity contribution in [2.24, 2.45) is 11.8 Å². The Kier molecular flexibility index (Phi) is 7.93. The Morgan fingerprint density at radius 1 is 0.429 bits per heavy atom. The van der Waals surface area contributed by atoms with Crippen LogP contribution in [0.25, 0.3) is 0 Å². The summed E-state index contributed by atoms with van der Waals surface area (Å²) >= 11 is 0. The van der Waals surface area contributed by atoms with Crippen LogP contribution < -0.4 is 10.6 Å². The molecule has 2 atom stereocenters. The summed E-state index contributed by atoms with van der Waals surface area (Å²) < 4.78 is 0. The minimum atomic E-state index is -0.288. The zero-order valence-electron chi connectivity index (χ0n) is 27.3. The van der Waals surface area contributed by atoms with Gasteiger partial charge in [0.2, 0.25) is 11.8 Å². The maximum atomic E-state index is 13.5. The van der Waals surface area contributed by atoms with Gasteiger partial charge < -0.3 is 10.6 Å². The molecular formula is C45H38N2O2. The lowest BCUT2D eigenvalue weighted by Gasteiger charge is -2.19. The highest BCUT2D eigenvalue weighted by molar-refractivity contribution is 5.98. The molecule has 4 nitrogen and oxygen atoms in total. The standard InChI is InChI=1S/C45H38N2O2/c48-42(40-30-44(40,34-13-5-1-6-14-34)35-15-7-2-8-16-35)46-38-25-21-32(22-26-38)29-33-23-27-39(28-24-33)47-43(49)41-31-45(41,36-17-9-3-10-18-36)37-19-11-4-12-20-37/h1-28,40-41H,29-31H2,(H,46,48)(H,47,49)/t40-,41-/m1/s1. The van der Waals surface area contributed by atoms with Crippen molar-refractivity contribution in [1.82, 2.24) is 0 Å². The highest BCUT2D eigenvalue weighted by Gasteiger charge is 2.61. The fourth-order valence-corrected chi connectivity index (χ4v) is 7.82. The first-order chi connectivity index (χ1) is 24.1. The number of carbonyl (C=O) groups is 2. The smallest absolute Gasteiger partial charge is 0.228 e. The molecule has 2 fully saturated rings. The van der Waals surface area contributed by atoms with E-state index in [9.17, 15) is 9.59 Å². The van der Waals surface area contributed by atoms with E-state index in [1.807, 2.05) is 97.1 Å². The minimum Gasteiger partial charge on any atom is -0.326 e. The monoisotopic (exact) mass is 638 g/mol. The maximum Gasteiger partial charge on any atom is 0.228 e. The molecule has 2 aliphatic rings. The van der Waals surface area contributed by atoms with Crippen molar-refractivity contribution in [2.45, 2.75) is 30.1 Å². The quantitative estimate of drug-likeness (QED) is 0.157. The van der Waals surface area contributed by atoms with Crippen LogP contribution >= 0.6 is 0 Å². The number of amides is 2. The largest absolute Gasteiger partial charge is 0.326 e. The fraction of sp³-hybridized carbons (Fsp3) is 0.156.